The molecule has 0 saturated carbocycles. The number of thioether (sulfide) groups is 1. The standard InChI is InChI=1S/C19H12F3N3OS/c1-27-18-24-16(15(10-23)17(26)25-18)14-5-3-2-4-13(14)11-6-8-12(9-7-11)19(20,21)22/h2-9H,1H3,(H,24,25,26). The maximum atomic E-state index is 12.8. The van der Waals surface area contributed by atoms with Gasteiger partial charge in [0, 0.05) is 5.56 Å². The summed E-state index contributed by atoms with van der Waals surface area (Å²) >= 11 is 1.22. The van der Waals surface area contributed by atoms with Crippen LogP contribution in [-0.2, 0) is 6.18 Å². The van der Waals surface area contributed by atoms with Gasteiger partial charge in [-0.3, -0.25) is 4.79 Å². The van der Waals surface area contributed by atoms with Gasteiger partial charge in [-0.2, -0.15) is 18.4 Å². The fraction of sp³-hybridized carbons (Fsp3) is 0.105. The molecule has 1 aromatic heterocycles. The van der Waals surface area contributed by atoms with Crippen molar-refractivity contribution in [2.75, 3.05) is 6.26 Å². The van der Waals surface area contributed by atoms with Gasteiger partial charge >= 0.3 is 6.18 Å². The summed E-state index contributed by atoms with van der Waals surface area (Å²) in [4.78, 5) is 19.0. The molecule has 136 valence electrons. The van der Waals surface area contributed by atoms with Crippen molar-refractivity contribution < 1.29 is 13.2 Å². The molecule has 27 heavy (non-hydrogen) atoms. The first-order valence-electron chi connectivity index (χ1n) is 7.70. The molecule has 1 heterocycles. The minimum Gasteiger partial charge on any atom is -0.300 e. The van der Waals surface area contributed by atoms with E-state index in [0.29, 0.717) is 21.8 Å². The Labute approximate surface area is 156 Å². The molecule has 0 saturated heterocycles. The third-order valence-electron chi connectivity index (χ3n) is 3.91. The molecule has 0 aliphatic carbocycles. The Bertz CT molecular complexity index is 1080. The number of H-pyrrole nitrogens is 1. The first kappa shape index (κ1) is 18.7. The molecule has 0 unspecified atom stereocenters. The molecule has 1 N–H and O–H groups in total. The van der Waals surface area contributed by atoms with Crippen LogP contribution in [0.3, 0.4) is 0 Å². The minimum absolute atomic E-state index is 0.146. The summed E-state index contributed by atoms with van der Waals surface area (Å²) in [6.45, 7) is 0. The van der Waals surface area contributed by atoms with Crippen molar-refractivity contribution in [1.29, 1.82) is 5.26 Å². The normalized spacial score (nSPS) is 11.2. The molecule has 0 fully saturated rings. The van der Waals surface area contributed by atoms with Crippen molar-refractivity contribution in [1.82, 2.24) is 9.97 Å². The number of hydrogen-bond donors (Lipinski definition) is 1. The molecule has 4 nitrogen and oxygen atoms in total. The number of aromatic amines is 1. The number of rotatable bonds is 3. The van der Waals surface area contributed by atoms with Gasteiger partial charge in [0.1, 0.15) is 11.6 Å². The number of benzene rings is 2. The molecule has 0 spiro atoms. The molecule has 0 radical (unpaired) electrons. The largest absolute Gasteiger partial charge is 0.416 e. The van der Waals surface area contributed by atoms with E-state index < -0.39 is 17.3 Å². The van der Waals surface area contributed by atoms with Crippen molar-refractivity contribution in [3.05, 3.63) is 70.0 Å². The SMILES string of the molecule is CSc1nc(-c2ccccc2-c2ccc(C(F)(F)F)cc2)c(C#N)c(=O)[nH]1. The zero-order chi connectivity index (χ0) is 19.6. The van der Waals surface area contributed by atoms with Crippen LogP contribution in [0, 0.1) is 11.3 Å². The highest BCUT2D eigenvalue weighted by molar-refractivity contribution is 7.98. The maximum Gasteiger partial charge on any atom is 0.416 e. The minimum atomic E-state index is -4.42. The monoisotopic (exact) mass is 387 g/mol. The molecule has 0 bridgehead atoms. The average molecular weight is 387 g/mol. The van der Waals surface area contributed by atoms with Crippen LogP contribution in [0.15, 0.2) is 58.5 Å². The number of aromatic nitrogens is 2. The zero-order valence-electron chi connectivity index (χ0n) is 14.0. The van der Waals surface area contributed by atoms with E-state index in [1.165, 1.54) is 23.9 Å². The van der Waals surface area contributed by atoms with E-state index in [4.69, 9.17) is 0 Å². The Morgan fingerprint density at radius 2 is 1.70 bits per heavy atom. The quantitative estimate of drug-likeness (QED) is 0.522. The molecule has 3 aromatic rings. The van der Waals surface area contributed by atoms with Crippen LogP contribution in [-0.4, -0.2) is 16.2 Å². The first-order chi connectivity index (χ1) is 12.8. The number of halogens is 3. The number of nitrogens with one attached hydrogen (secondary N) is 1. The summed E-state index contributed by atoms with van der Waals surface area (Å²) in [6, 6.07) is 13.4. The lowest BCUT2D eigenvalue weighted by atomic mass is 9.95. The highest BCUT2D eigenvalue weighted by Gasteiger charge is 2.30. The molecule has 8 heteroatoms. The molecular formula is C19H12F3N3OS. The summed E-state index contributed by atoms with van der Waals surface area (Å²) < 4.78 is 38.4. The zero-order valence-corrected chi connectivity index (χ0v) is 14.8. The predicted octanol–water partition coefficient (Wildman–Crippen LogP) is 4.72. The Kier molecular flexibility index (Phi) is 5.06. The fourth-order valence-electron chi connectivity index (χ4n) is 2.63. The van der Waals surface area contributed by atoms with Crippen LogP contribution in [0.25, 0.3) is 22.4 Å². The van der Waals surface area contributed by atoms with Gasteiger partial charge in [0.25, 0.3) is 5.56 Å². The first-order valence-corrected chi connectivity index (χ1v) is 8.93. The number of nitrogens with zero attached hydrogens (tertiary/aromatic N) is 2. The van der Waals surface area contributed by atoms with E-state index >= 15 is 0 Å². The summed E-state index contributed by atoms with van der Waals surface area (Å²) in [5.41, 5.74) is 0.334. The lowest BCUT2D eigenvalue weighted by Crippen LogP contribution is -2.14. The molecular weight excluding hydrogens is 375 g/mol. The number of nitriles is 1. The van der Waals surface area contributed by atoms with Crippen LogP contribution in [0.1, 0.15) is 11.1 Å². The fourth-order valence-corrected chi connectivity index (χ4v) is 3.01. The van der Waals surface area contributed by atoms with Crippen molar-refractivity contribution in [3.63, 3.8) is 0 Å². The van der Waals surface area contributed by atoms with Crippen LogP contribution in [0.4, 0.5) is 13.2 Å². The van der Waals surface area contributed by atoms with Crippen molar-refractivity contribution in [2.45, 2.75) is 11.3 Å². The summed E-state index contributed by atoms with van der Waals surface area (Å²) in [5.74, 6) is 0. The van der Waals surface area contributed by atoms with Crippen LogP contribution < -0.4 is 5.56 Å². The molecule has 0 aliphatic rings. The third kappa shape index (κ3) is 3.73. The molecule has 0 atom stereocenters. The summed E-state index contributed by atoms with van der Waals surface area (Å²) in [5, 5.41) is 9.71. The maximum absolute atomic E-state index is 12.8. The van der Waals surface area contributed by atoms with E-state index in [2.05, 4.69) is 9.97 Å². The van der Waals surface area contributed by atoms with Gasteiger partial charge in [0.05, 0.1) is 11.3 Å². The summed E-state index contributed by atoms with van der Waals surface area (Å²) in [7, 11) is 0. The highest BCUT2D eigenvalue weighted by atomic mass is 32.2. The predicted molar refractivity (Wildman–Crippen MR) is 97.2 cm³/mol. The number of alkyl halides is 3. The lowest BCUT2D eigenvalue weighted by Gasteiger charge is -2.12. The Morgan fingerprint density at radius 1 is 1.07 bits per heavy atom. The van der Waals surface area contributed by atoms with Crippen LogP contribution in [0.5, 0.6) is 0 Å². The Morgan fingerprint density at radius 3 is 2.26 bits per heavy atom. The lowest BCUT2D eigenvalue weighted by molar-refractivity contribution is -0.137. The topological polar surface area (TPSA) is 69.5 Å². The van der Waals surface area contributed by atoms with Crippen molar-refractivity contribution in [3.8, 4) is 28.5 Å². The van der Waals surface area contributed by atoms with E-state index in [1.807, 2.05) is 6.07 Å². The van der Waals surface area contributed by atoms with Gasteiger partial charge in [-0.15, -0.1) is 0 Å². The van der Waals surface area contributed by atoms with Gasteiger partial charge in [-0.05, 0) is 29.5 Å². The second-order valence-electron chi connectivity index (χ2n) is 5.53. The average Bonchev–Trinajstić information content (AvgIpc) is 2.66. The second kappa shape index (κ2) is 7.29. The third-order valence-corrected chi connectivity index (χ3v) is 4.49. The Hall–Kier alpha value is -3.05. The van der Waals surface area contributed by atoms with Crippen LogP contribution in [0.2, 0.25) is 0 Å². The molecule has 0 amide bonds. The van der Waals surface area contributed by atoms with E-state index in [1.54, 1.807) is 30.5 Å². The number of hydrogen-bond acceptors (Lipinski definition) is 4. The molecule has 3 rings (SSSR count). The van der Waals surface area contributed by atoms with Gasteiger partial charge in [0.2, 0.25) is 0 Å². The van der Waals surface area contributed by atoms with Crippen molar-refractivity contribution in [2.24, 2.45) is 0 Å². The molecule has 2 aromatic carbocycles. The van der Waals surface area contributed by atoms with Gasteiger partial charge < -0.3 is 4.98 Å². The second-order valence-corrected chi connectivity index (χ2v) is 6.33. The smallest absolute Gasteiger partial charge is 0.300 e. The van der Waals surface area contributed by atoms with Gasteiger partial charge in [-0.1, -0.05) is 48.2 Å². The van der Waals surface area contributed by atoms with E-state index in [9.17, 15) is 23.2 Å². The van der Waals surface area contributed by atoms with Crippen LogP contribution >= 0.6 is 11.8 Å². The van der Waals surface area contributed by atoms with E-state index in [-0.39, 0.29) is 11.3 Å². The molecule has 0 aliphatic heterocycles. The van der Waals surface area contributed by atoms with Crippen molar-refractivity contribution >= 4 is 11.8 Å². The Balaban J connectivity index is 2.21. The van der Waals surface area contributed by atoms with E-state index in [0.717, 1.165) is 12.1 Å². The van der Waals surface area contributed by atoms with Gasteiger partial charge in [0.15, 0.2) is 5.16 Å². The highest BCUT2D eigenvalue weighted by Crippen LogP contribution is 2.35. The van der Waals surface area contributed by atoms with Gasteiger partial charge in [-0.25, -0.2) is 4.98 Å². The summed E-state index contributed by atoms with van der Waals surface area (Å²) in [6.07, 6.45) is -2.69.